The van der Waals surface area contributed by atoms with Gasteiger partial charge in [-0.2, -0.15) is 0 Å². The van der Waals surface area contributed by atoms with Crippen molar-refractivity contribution in [2.24, 2.45) is 0 Å². The Balaban J connectivity index is 2.72. The number of phenolic OH excluding ortho intramolecular Hbond substituents is 2. The Hall–Kier alpha value is -1.30. The van der Waals surface area contributed by atoms with Crippen molar-refractivity contribution < 1.29 is 19.7 Å². The Morgan fingerprint density at radius 2 is 1.50 bits per heavy atom. The fraction of sp³-hybridized carbons (Fsp3) is 0.538. The molecule has 0 amide bonds. The summed E-state index contributed by atoms with van der Waals surface area (Å²) >= 11 is 0. The van der Waals surface area contributed by atoms with Crippen molar-refractivity contribution in [1.29, 1.82) is 0 Å². The third-order valence-corrected chi connectivity index (χ3v) is 2.81. The Morgan fingerprint density at radius 3 is 1.94 bits per heavy atom. The van der Waals surface area contributed by atoms with Gasteiger partial charge in [-0.3, -0.25) is 0 Å². The molecule has 1 aromatic carbocycles. The Morgan fingerprint density at radius 1 is 1.00 bits per heavy atom. The van der Waals surface area contributed by atoms with E-state index < -0.39 is 0 Å². The molecular formula is C13H21NO4. The van der Waals surface area contributed by atoms with Crippen LogP contribution in [-0.2, 0) is 9.47 Å². The Bertz CT molecular complexity index is 359. The molecule has 2 atom stereocenters. The first-order valence-corrected chi connectivity index (χ1v) is 5.82. The summed E-state index contributed by atoms with van der Waals surface area (Å²) in [6.45, 7) is 3.88. The summed E-state index contributed by atoms with van der Waals surface area (Å²) in [6.07, 6.45) is -0.349. The second kappa shape index (κ2) is 6.58. The maximum absolute atomic E-state index is 9.44. The van der Waals surface area contributed by atoms with Gasteiger partial charge < -0.3 is 25.0 Å². The molecule has 18 heavy (non-hydrogen) atoms. The van der Waals surface area contributed by atoms with Gasteiger partial charge in [-0.1, -0.05) is 0 Å². The molecule has 0 heterocycles. The van der Waals surface area contributed by atoms with Gasteiger partial charge in [0, 0.05) is 26.3 Å². The molecule has 0 saturated heterocycles. The van der Waals surface area contributed by atoms with Crippen molar-refractivity contribution in [3.05, 3.63) is 23.8 Å². The van der Waals surface area contributed by atoms with Gasteiger partial charge in [0.15, 0.2) is 6.29 Å². The lowest BCUT2D eigenvalue weighted by Gasteiger charge is -2.26. The monoisotopic (exact) mass is 255 g/mol. The first kappa shape index (κ1) is 14.8. The molecular weight excluding hydrogens is 234 g/mol. The van der Waals surface area contributed by atoms with Crippen LogP contribution in [0.5, 0.6) is 11.5 Å². The topological polar surface area (TPSA) is 71.0 Å². The minimum Gasteiger partial charge on any atom is -0.508 e. The van der Waals surface area contributed by atoms with Crippen molar-refractivity contribution in [3.8, 4) is 11.5 Å². The molecule has 2 unspecified atom stereocenters. The third kappa shape index (κ3) is 3.87. The van der Waals surface area contributed by atoms with E-state index in [1.807, 2.05) is 13.8 Å². The van der Waals surface area contributed by atoms with Crippen LogP contribution < -0.4 is 5.32 Å². The Kier molecular flexibility index (Phi) is 5.40. The van der Waals surface area contributed by atoms with E-state index in [-0.39, 0.29) is 29.9 Å². The number of ether oxygens (including phenoxy) is 2. The van der Waals surface area contributed by atoms with Crippen molar-refractivity contribution >= 4 is 0 Å². The number of aromatic hydroxyl groups is 2. The van der Waals surface area contributed by atoms with Crippen molar-refractivity contribution in [3.63, 3.8) is 0 Å². The van der Waals surface area contributed by atoms with Gasteiger partial charge in [0.05, 0.1) is 6.04 Å². The smallest absolute Gasteiger partial charge is 0.171 e. The lowest BCUT2D eigenvalue weighted by Crippen LogP contribution is -2.40. The first-order valence-electron chi connectivity index (χ1n) is 5.82. The fourth-order valence-corrected chi connectivity index (χ4v) is 1.94. The van der Waals surface area contributed by atoms with E-state index in [1.54, 1.807) is 26.4 Å². The van der Waals surface area contributed by atoms with Crippen LogP contribution in [0.4, 0.5) is 0 Å². The number of hydrogen-bond acceptors (Lipinski definition) is 5. The molecule has 5 nitrogen and oxygen atoms in total. The number of phenols is 2. The van der Waals surface area contributed by atoms with Gasteiger partial charge in [-0.15, -0.1) is 0 Å². The van der Waals surface area contributed by atoms with Crippen LogP contribution in [0.25, 0.3) is 0 Å². The zero-order valence-electron chi connectivity index (χ0n) is 11.2. The van der Waals surface area contributed by atoms with Crippen LogP contribution in [0, 0.1) is 0 Å². The Labute approximate surface area is 107 Å². The van der Waals surface area contributed by atoms with Crippen molar-refractivity contribution in [1.82, 2.24) is 5.32 Å². The zero-order valence-corrected chi connectivity index (χ0v) is 11.2. The highest BCUT2D eigenvalue weighted by atomic mass is 16.7. The summed E-state index contributed by atoms with van der Waals surface area (Å²) in [5.41, 5.74) is 0.797. The van der Waals surface area contributed by atoms with E-state index in [4.69, 9.17) is 9.47 Å². The first-order chi connectivity index (χ1) is 8.47. The number of benzene rings is 1. The average Bonchev–Trinajstić information content (AvgIpc) is 2.29. The van der Waals surface area contributed by atoms with E-state index in [9.17, 15) is 10.2 Å². The highest BCUT2D eigenvalue weighted by molar-refractivity contribution is 5.37. The SMILES string of the molecule is COC(OC)C(C)NC(C)c1cc(O)cc(O)c1. The molecule has 0 fully saturated rings. The van der Waals surface area contributed by atoms with Crippen LogP contribution >= 0.6 is 0 Å². The summed E-state index contributed by atoms with van der Waals surface area (Å²) in [5.74, 6) is 0.0858. The largest absolute Gasteiger partial charge is 0.508 e. The molecule has 0 aliphatic rings. The summed E-state index contributed by atoms with van der Waals surface area (Å²) in [6, 6.07) is 4.44. The third-order valence-electron chi connectivity index (χ3n) is 2.81. The fourth-order valence-electron chi connectivity index (χ4n) is 1.94. The molecule has 0 aromatic heterocycles. The molecule has 0 radical (unpaired) electrons. The summed E-state index contributed by atoms with van der Waals surface area (Å²) in [7, 11) is 3.16. The highest BCUT2D eigenvalue weighted by Gasteiger charge is 2.18. The molecule has 1 rings (SSSR count). The minimum absolute atomic E-state index is 0.0282. The average molecular weight is 255 g/mol. The molecule has 0 saturated carbocycles. The quantitative estimate of drug-likeness (QED) is 0.676. The maximum Gasteiger partial charge on any atom is 0.171 e. The van der Waals surface area contributed by atoms with Crippen molar-refractivity contribution in [2.75, 3.05) is 14.2 Å². The molecule has 0 spiro atoms. The molecule has 1 aromatic rings. The lowest BCUT2D eigenvalue weighted by atomic mass is 10.1. The number of rotatable bonds is 6. The highest BCUT2D eigenvalue weighted by Crippen LogP contribution is 2.25. The second-order valence-electron chi connectivity index (χ2n) is 4.30. The predicted octanol–water partition coefficient (Wildman–Crippen LogP) is 1.76. The molecule has 0 bridgehead atoms. The van der Waals surface area contributed by atoms with Crippen LogP contribution in [0.2, 0.25) is 0 Å². The molecule has 0 aliphatic carbocycles. The van der Waals surface area contributed by atoms with E-state index in [1.165, 1.54) is 6.07 Å². The van der Waals surface area contributed by atoms with E-state index in [0.29, 0.717) is 0 Å². The standard InChI is InChI=1S/C13H21NO4/c1-8(14-9(2)13(17-3)18-4)10-5-11(15)7-12(16)6-10/h5-9,13-16H,1-4H3. The van der Waals surface area contributed by atoms with Gasteiger partial charge in [0.2, 0.25) is 0 Å². The van der Waals surface area contributed by atoms with E-state index in [2.05, 4.69) is 5.32 Å². The number of hydrogen-bond donors (Lipinski definition) is 3. The van der Waals surface area contributed by atoms with E-state index in [0.717, 1.165) is 5.56 Å². The molecule has 0 aliphatic heterocycles. The van der Waals surface area contributed by atoms with Crippen LogP contribution in [0.3, 0.4) is 0 Å². The van der Waals surface area contributed by atoms with Gasteiger partial charge in [-0.25, -0.2) is 0 Å². The zero-order chi connectivity index (χ0) is 13.7. The van der Waals surface area contributed by atoms with Gasteiger partial charge in [0.1, 0.15) is 11.5 Å². The van der Waals surface area contributed by atoms with Crippen molar-refractivity contribution in [2.45, 2.75) is 32.2 Å². The summed E-state index contributed by atoms with van der Waals surface area (Å²) < 4.78 is 10.3. The summed E-state index contributed by atoms with van der Waals surface area (Å²) in [5, 5.41) is 22.2. The molecule has 5 heteroatoms. The normalized spacial score (nSPS) is 14.7. The van der Waals surface area contributed by atoms with Crippen LogP contribution in [0.15, 0.2) is 18.2 Å². The lowest BCUT2D eigenvalue weighted by molar-refractivity contribution is -0.120. The van der Waals surface area contributed by atoms with Crippen LogP contribution in [0.1, 0.15) is 25.5 Å². The van der Waals surface area contributed by atoms with Gasteiger partial charge in [0.25, 0.3) is 0 Å². The van der Waals surface area contributed by atoms with Crippen LogP contribution in [-0.4, -0.2) is 36.8 Å². The minimum atomic E-state index is -0.349. The van der Waals surface area contributed by atoms with E-state index >= 15 is 0 Å². The second-order valence-corrected chi connectivity index (χ2v) is 4.30. The summed E-state index contributed by atoms with van der Waals surface area (Å²) in [4.78, 5) is 0. The number of nitrogens with one attached hydrogen (secondary N) is 1. The molecule has 102 valence electrons. The maximum atomic E-state index is 9.44. The van der Waals surface area contributed by atoms with Gasteiger partial charge >= 0.3 is 0 Å². The van der Waals surface area contributed by atoms with Gasteiger partial charge in [-0.05, 0) is 31.5 Å². The molecule has 3 N–H and O–H groups in total. The predicted molar refractivity (Wildman–Crippen MR) is 68.6 cm³/mol. The number of methoxy groups -OCH3 is 2.